The SMILES string of the molecule is CC1CCC(N(C)C(=O)c2cccc(CN3C(=O)CSC3=O)c2)CC1. The lowest BCUT2D eigenvalue weighted by atomic mass is 9.86. The number of nitrogens with zero attached hydrogens (tertiary/aromatic N) is 2. The molecule has 0 unspecified atom stereocenters. The van der Waals surface area contributed by atoms with Crippen LogP contribution in [0.25, 0.3) is 0 Å². The van der Waals surface area contributed by atoms with Crippen molar-refractivity contribution in [1.29, 1.82) is 0 Å². The molecule has 0 N–H and O–H groups in total. The fraction of sp³-hybridized carbons (Fsp3) is 0.526. The largest absolute Gasteiger partial charge is 0.339 e. The maximum atomic E-state index is 12.8. The highest BCUT2D eigenvalue weighted by Gasteiger charge is 2.30. The monoisotopic (exact) mass is 360 g/mol. The molecule has 3 amide bonds. The van der Waals surface area contributed by atoms with Crippen LogP contribution in [0.4, 0.5) is 4.79 Å². The van der Waals surface area contributed by atoms with Crippen LogP contribution in [0.5, 0.6) is 0 Å². The first-order chi connectivity index (χ1) is 12.0. The van der Waals surface area contributed by atoms with Crippen molar-refractivity contribution in [2.24, 2.45) is 5.92 Å². The average Bonchev–Trinajstić information content (AvgIpc) is 2.93. The topological polar surface area (TPSA) is 57.7 Å². The Kier molecular flexibility index (Phi) is 5.47. The van der Waals surface area contributed by atoms with E-state index < -0.39 is 0 Å². The van der Waals surface area contributed by atoms with Crippen molar-refractivity contribution in [2.75, 3.05) is 12.8 Å². The zero-order valence-electron chi connectivity index (χ0n) is 14.7. The summed E-state index contributed by atoms with van der Waals surface area (Å²) in [6, 6.07) is 7.56. The molecule has 5 nitrogen and oxygen atoms in total. The fourth-order valence-corrected chi connectivity index (χ4v) is 4.24. The average molecular weight is 360 g/mol. The molecule has 1 saturated heterocycles. The summed E-state index contributed by atoms with van der Waals surface area (Å²) < 4.78 is 0. The van der Waals surface area contributed by atoms with Gasteiger partial charge in [-0.25, -0.2) is 0 Å². The van der Waals surface area contributed by atoms with Gasteiger partial charge in [0.2, 0.25) is 5.91 Å². The summed E-state index contributed by atoms with van der Waals surface area (Å²) in [4.78, 5) is 39.4. The first kappa shape index (κ1) is 18.0. The minimum Gasteiger partial charge on any atom is -0.339 e. The first-order valence-corrected chi connectivity index (χ1v) is 9.77. The van der Waals surface area contributed by atoms with E-state index in [0.29, 0.717) is 11.6 Å². The molecule has 6 heteroatoms. The zero-order chi connectivity index (χ0) is 18.0. The molecule has 0 atom stereocenters. The predicted octanol–water partition coefficient (Wildman–Crippen LogP) is 3.53. The maximum Gasteiger partial charge on any atom is 0.289 e. The molecule has 1 saturated carbocycles. The zero-order valence-corrected chi connectivity index (χ0v) is 15.6. The smallest absolute Gasteiger partial charge is 0.289 e. The summed E-state index contributed by atoms with van der Waals surface area (Å²) >= 11 is 1.03. The van der Waals surface area contributed by atoms with Gasteiger partial charge < -0.3 is 4.90 Å². The van der Waals surface area contributed by atoms with E-state index in [9.17, 15) is 14.4 Å². The number of thioether (sulfide) groups is 1. The van der Waals surface area contributed by atoms with Crippen LogP contribution >= 0.6 is 11.8 Å². The molecule has 2 aliphatic rings. The van der Waals surface area contributed by atoms with Crippen molar-refractivity contribution in [1.82, 2.24) is 9.80 Å². The van der Waals surface area contributed by atoms with Gasteiger partial charge in [-0.3, -0.25) is 19.3 Å². The number of imide groups is 1. The Morgan fingerprint density at radius 3 is 2.60 bits per heavy atom. The van der Waals surface area contributed by atoms with Crippen molar-refractivity contribution in [3.05, 3.63) is 35.4 Å². The second kappa shape index (κ2) is 7.60. The Morgan fingerprint density at radius 2 is 1.96 bits per heavy atom. The lowest BCUT2D eigenvalue weighted by Gasteiger charge is -2.33. The lowest BCUT2D eigenvalue weighted by Crippen LogP contribution is -2.39. The van der Waals surface area contributed by atoms with Crippen LogP contribution < -0.4 is 0 Å². The molecule has 25 heavy (non-hydrogen) atoms. The molecular weight excluding hydrogens is 336 g/mol. The van der Waals surface area contributed by atoms with Crippen LogP contribution in [0.15, 0.2) is 24.3 Å². The third-order valence-electron chi connectivity index (χ3n) is 5.21. The van der Waals surface area contributed by atoms with Crippen LogP contribution in [0, 0.1) is 5.92 Å². The fourth-order valence-electron chi connectivity index (χ4n) is 3.52. The quantitative estimate of drug-likeness (QED) is 0.824. The van der Waals surface area contributed by atoms with E-state index >= 15 is 0 Å². The molecule has 1 aromatic carbocycles. The van der Waals surface area contributed by atoms with Crippen molar-refractivity contribution in [2.45, 2.75) is 45.2 Å². The van der Waals surface area contributed by atoms with Gasteiger partial charge >= 0.3 is 0 Å². The number of rotatable bonds is 4. The molecule has 1 aliphatic heterocycles. The number of carbonyl (C=O) groups excluding carboxylic acids is 3. The Hall–Kier alpha value is -1.82. The number of hydrogen-bond donors (Lipinski definition) is 0. The van der Waals surface area contributed by atoms with E-state index in [1.807, 2.05) is 24.1 Å². The van der Waals surface area contributed by atoms with Crippen LogP contribution in [0.1, 0.15) is 48.5 Å². The molecule has 1 aromatic rings. The summed E-state index contributed by atoms with van der Waals surface area (Å²) in [7, 11) is 1.87. The van der Waals surface area contributed by atoms with Gasteiger partial charge in [-0.2, -0.15) is 0 Å². The Morgan fingerprint density at radius 1 is 1.24 bits per heavy atom. The molecule has 134 valence electrons. The minimum atomic E-state index is -0.213. The van der Waals surface area contributed by atoms with Gasteiger partial charge in [0.25, 0.3) is 11.1 Å². The van der Waals surface area contributed by atoms with Crippen molar-refractivity contribution in [3.63, 3.8) is 0 Å². The highest BCUT2D eigenvalue weighted by atomic mass is 32.2. The lowest BCUT2D eigenvalue weighted by molar-refractivity contribution is -0.125. The van der Waals surface area contributed by atoms with Gasteiger partial charge in [0.15, 0.2) is 0 Å². The minimum absolute atomic E-state index is 0.00912. The summed E-state index contributed by atoms with van der Waals surface area (Å²) in [6.45, 7) is 2.50. The second-order valence-corrected chi connectivity index (χ2v) is 7.99. The van der Waals surface area contributed by atoms with Gasteiger partial charge in [0.05, 0.1) is 12.3 Å². The van der Waals surface area contributed by atoms with E-state index in [4.69, 9.17) is 0 Å². The van der Waals surface area contributed by atoms with E-state index in [-0.39, 0.29) is 29.4 Å². The third-order valence-corrected chi connectivity index (χ3v) is 6.07. The maximum absolute atomic E-state index is 12.8. The third kappa shape index (κ3) is 4.06. The molecule has 0 radical (unpaired) electrons. The van der Waals surface area contributed by atoms with E-state index in [2.05, 4.69) is 6.92 Å². The van der Waals surface area contributed by atoms with Gasteiger partial charge in [-0.05, 0) is 49.3 Å². The number of benzene rings is 1. The molecule has 1 aliphatic carbocycles. The summed E-state index contributed by atoms with van der Waals surface area (Å²) in [5.41, 5.74) is 1.42. The van der Waals surface area contributed by atoms with Crippen LogP contribution in [-0.2, 0) is 11.3 Å². The van der Waals surface area contributed by atoms with Crippen LogP contribution in [0.3, 0.4) is 0 Å². The summed E-state index contributed by atoms with van der Waals surface area (Å²) in [5, 5.41) is -0.213. The van der Waals surface area contributed by atoms with Gasteiger partial charge in [-0.1, -0.05) is 30.8 Å². The molecule has 2 fully saturated rings. The van der Waals surface area contributed by atoms with Crippen LogP contribution in [0.2, 0.25) is 0 Å². The van der Waals surface area contributed by atoms with E-state index in [1.54, 1.807) is 12.1 Å². The van der Waals surface area contributed by atoms with Gasteiger partial charge in [0, 0.05) is 18.7 Å². The number of hydrogen-bond acceptors (Lipinski definition) is 4. The predicted molar refractivity (Wildman–Crippen MR) is 98.4 cm³/mol. The molecule has 1 heterocycles. The van der Waals surface area contributed by atoms with E-state index in [1.165, 1.54) is 17.7 Å². The number of carbonyl (C=O) groups is 3. The molecular formula is C19H24N2O3S. The highest BCUT2D eigenvalue weighted by Crippen LogP contribution is 2.27. The molecule has 0 bridgehead atoms. The highest BCUT2D eigenvalue weighted by molar-refractivity contribution is 8.14. The van der Waals surface area contributed by atoms with Crippen molar-refractivity contribution < 1.29 is 14.4 Å². The Bertz CT molecular complexity index is 667. The second-order valence-electron chi connectivity index (χ2n) is 7.06. The standard InChI is InChI=1S/C19H24N2O3S/c1-13-6-8-16(9-7-13)20(2)18(23)15-5-3-4-14(10-15)11-21-17(22)12-25-19(21)24/h3-5,10,13,16H,6-9,11-12H2,1-2H3. The van der Waals surface area contributed by atoms with Crippen molar-refractivity contribution in [3.8, 4) is 0 Å². The van der Waals surface area contributed by atoms with Crippen molar-refractivity contribution >= 4 is 28.8 Å². The van der Waals surface area contributed by atoms with Gasteiger partial charge in [0.1, 0.15) is 0 Å². The molecule has 0 spiro atoms. The Labute approximate surface area is 152 Å². The van der Waals surface area contributed by atoms with Gasteiger partial charge in [-0.15, -0.1) is 0 Å². The van der Waals surface area contributed by atoms with E-state index in [0.717, 1.165) is 36.1 Å². The molecule has 0 aromatic heterocycles. The summed E-state index contributed by atoms with van der Waals surface area (Å²) in [5.74, 6) is 0.798. The first-order valence-electron chi connectivity index (χ1n) is 8.79. The van der Waals surface area contributed by atoms with Crippen LogP contribution in [-0.4, -0.2) is 45.7 Å². The number of amides is 3. The Balaban J connectivity index is 1.69. The molecule has 3 rings (SSSR count). The summed E-state index contributed by atoms with van der Waals surface area (Å²) in [6.07, 6.45) is 4.44. The normalized spacial score (nSPS) is 23.8.